The molecular weight excluding hydrogens is 292 g/mol. The molecule has 2 fully saturated rings. The lowest BCUT2D eigenvalue weighted by Gasteiger charge is -2.29. The number of carbonyl (C=O) groups is 1. The summed E-state index contributed by atoms with van der Waals surface area (Å²) in [6, 6.07) is 15.3. The summed E-state index contributed by atoms with van der Waals surface area (Å²) in [7, 11) is 0. The Kier molecular flexibility index (Phi) is 2.35. The highest BCUT2D eigenvalue weighted by atomic mass is 16.1. The largest absolute Gasteiger partial charge is 0.298 e. The Balaban J connectivity index is 1.59. The van der Waals surface area contributed by atoms with E-state index in [9.17, 15) is 4.79 Å². The van der Waals surface area contributed by atoms with Gasteiger partial charge in [-0.15, -0.1) is 0 Å². The highest BCUT2D eigenvalue weighted by Crippen LogP contribution is 2.66. The van der Waals surface area contributed by atoms with Crippen LogP contribution in [0.5, 0.6) is 0 Å². The number of benzene rings is 2. The molecule has 2 aromatic carbocycles. The number of hydrogen-bond donors (Lipinski definition) is 0. The Labute approximate surface area is 142 Å². The molecule has 0 amide bonds. The van der Waals surface area contributed by atoms with Crippen molar-refractivity contribution in [3.05, 3.63) is 71.3 Å². The third-order valence-electron chi connectivity index (χ3n) is 7.40. The van der Waals surface area contributed by atoms with E-state index in [2.05, 4.69) is 48.6 Å². The topological polar surface area (TPSA) is 17.1 Å². The molecule has 2 aromatic rings. The minimum atomic E-state index is 0.142. The van der Waals surface area contributed by atoms with Gasteiger partial charge in [0.1, 0.15) is 6.29 Å². The van der Waals surface area contributed by atoms with Crippen molar-refractivity contribution in [3.8, 4) is 11.1 Å². The van der Waals surface area contributed by atoms with Crippen molar-refractivity contribution in [1.82, 2.24) is 0 Å². The van der Waals surface area contributed by atoms with Crippen molar-refractivity contribution in [2.75, 3.05) is 0 Å². The number of carbonyl (C=O) groups excluding carboxylic acids is 1. The summed E-state index contributed by atoms with van der Waals surface area (Å²) in [4.78, 5) is 11.4. The maximum absolute atomic E-state index is 11.4. The van der Waals surface area contributed by atoms with Crippen molar-refractivity contribution >= 4 is 6.29 Å². The molecule has 24 heavy (non-hydrogen) atoms. The Bertz CT molecular complexity index is 886. The van der Waals surface area contributed by atoms with Crippen molar-refractivity contribution in [2.24, 2.45) is 23.7 Å². The maximum Gasteiger partial charge on any atom is 0.150 e. The SMILES string of the molecule is O=Cc1ccc2c(c1)C1(CC3C4C=CC(C4)C3C1)c1ccccc1-2. The normalized spacial score (nSPS) is 36.8. The summed E-state index contributed by atoms with van der Waals surface area (Å²) >= 11 is 0. The summed E-state index contributed by atoms with van der Waals surface area (Å²) in [5.41, 5.74) is 6.64. The fourth-order valence-electron chi connectivity index (χ4n) is 6.51. The van der Waals surface area contributed by atoms with Gasteiger partial charge in [-0.3, -0.25) is 4.79 Å². The lowest BCUT2D eigenvalue weighted by Crippen LogP contribution is -2.23. The highest BCUT2D eigenvalue weighted by molar-refractivity contribution is 5.85. The van der Waals surface area contributed by atoms with Gasteiger partial charge in [-0.2, -0.15) is 0 Å². The third-order valence-corrected chi connectivity index (χ3v) is 7.40. The maximum atomic E-state index is 11.4. The lowest BCUT2D eigenvalue weighted by molar-refractivity contribution is 0.112. The van der Waals surface area contributed by atoms with Crippen LogP contribution < -0.4 is 0 Å². The summed E-state index contributed by atoms with van der Waals surface area (Å²) in [5, 5.41) is 0. The Morgan fingerprint density at radius 1 is 0.875 bits per heavy atom. The second kappa shape index (κ2) is 4.27. The number of hydrogen-bond acceptors (Lipinski definition) is 1. The molecule has 1 nitrogen and oxygen atoms in total. The molecule has 0 saturated heterocycles. The van der Waals surface area contributed by atoms with Crippen LogP contribution in [0, 0.1) is 23.7 Å². The van der Waals surface area contributed by atoms with E-state index in [0.717, 1.165) is 35.5 Å². The Morgan fingerprint density at radius 2 is 1.58 bits per heavy atom. The average molecular weight is 312 g/mol. The highest BCUT2D eigenvalue weighted by Gasteiger charge is 2.58. The average Bonchev–Trinajstić information content (AvgIpc) is 3.37. The fraction of sp³-hybridized carbons (Fsp3) is 0.348. The van der Waals surface area contributed by atoms with Gasteiger partial charge in [0, 0.05) is 11.0 Å². The zero-order valence-electron chi connectivity index (χ0n) is 13.6. The van der Waals surface area contributed by atoms with Gasteiger partial charge in [-0.1, -0.05) is 48.6 Å². The molecule has 4 atom stereocenters. The van der Waals surface area contributed by atoms with E-state index in [-0.39, 0.29) is 5.41 Å². The van der Waals surface area contributed by atoms with E-state index in [0.29, 0.717) is 0 Å². The summed E-state index contributed by atoms with van der Waals surface area (Å²) in [6.45, 7) is 0. The smallest absolute Gasteiger partial charge is 0.150 e. The quantitative estimate of drug-likeness (QED) is 0.535. The molecule has 0 N–H and O–H groups in total. The van der Waals surface area contributed by atoms with Crippen molar-refractivity contribution in [1.29, 1.82) is 0 Å². The minimum Gasteiger partial charge on any atom is -0.298 e. The van der Waals surface area contributed by atoms with Crippen LogP contribution in [0.2, 0.25) is 0 Å². The molecule has 1 spiro atoms. The predicted molar refractivity (Wildman–Crippen MR) is 95.0 cm³/mol. The summed E-state index contributed by atoms with van der Waals surface area (Å²) in [6.07, 6.45) is 9.86. The molecule has 4 unspecified atom stereocenters. The Morgan fingerprint density at radius 3 is 2.33 bits per heavy atom. The van der Waals surface area contributed by atoms with E-state index >= 15 is 0 Å². The van der Waals surface area contributed by atoms with Gasteiger partial charge in [0.05, 0.1) is 0 Å². The van der Waals surface area contributed by atoms with Crippen molar-refractivity contribution in [3.63, 3.8) is 0 Å². The summed E-state index contributed by atoms with van der Waals surface area (Å²) in [5.74, 6) is 3.26. The van der Waals surface area contributed by atoms with Gasteiger partial charge < -0.3 is 0 Å². The van der Waals surface area contributed by atoms with E-state index < -0.39 is 0 Å². The molecule has 118 valence electrons. The van der Waals surface area contributed by atoms with E-state index in [1.807, 2.05) is 6.07 Å². The molecule has 4 aliphatic carbocycles. The van der Waals surface area contributed by atoms with Crippen molar-refractivity contribution in [2.45, 2.75) is 24.7 Å². The zero-order chi connectivity index (χ0) is 15.9. The second-order valence-electron chi connectivity index (χ2n) is 8.23. The second-order valence-corrected chi connectivity index (χ2v) is 8.23. The standard InChI is InChI=1S/C23H20O/c24-13-14-5-8-18-17-3-1-2-4-21(17)23(22(18)9-14)11-19-15-6-7-16(10-15)20(19)12-23/h1-9,13,15-16,19-20H,10-12H2. The number of allylic oxidation sites excluding steroid dienone is 2. The van der Waals surface area contributed by atoms with Gasteiger partial charge in [-0.25, -0.2) is 0 Å². The molecule has 2 bridgehead atoms. The molecule has 2 saturated carbocycles. The van der Waals surface area contributed by atoms with Crippen LogP contribution in [0.25, 0.3) is 11.1 Å². The lowest BCUT2D eigenvalue weighted by atomic mass is 9.74. The van der Waals surface area contributed by atoms with Crippen LogP contribution in [-0.2, 0) is 5.41 Å². The molecule has 0 radical (unpaired) electrons. The Hall–Kier alpha value is -2.15. The van der Waals surface area contributed by atoms with Gasteiger partial charge >= 0.3 is 0 Å². The minimum absolute atomic E-state index is 0.142. The number of rotatable bonds is 1. The van der Waals surface area contributed by atoms with Crippen LogP contribution in [0.3, 0.4) is 0 Å². The number of fused-ring (bicyclic) bond motifs is 10. The van der Waals surface area contributed by atoms with Crippen LogP contribution in [0.4, 0.5) is 0 Å². The first-order valence-electron chi connectivity index (χ1n) is 9.18. The monoisotopic (exact) mass is 312 g/mol. The van der Waals surface area contributed by atoms with Gasteiger partial charge in [-0.05, 0) is 71.3 Å². The first kappa shape index (κ1) is 13.2. The number of aldehydes is 1. The van der Waals surface area contributed by atoms with Crippen LogP contribution in [0.1, 0.15) is 40.7 Å². The molecule has 0 aromatic heterocycles. The van der Waals surface area contributed by atoms with E-state index in [4.69, 9.17) is 0 Å². The molecule has 6 rings (SSSR count). The first-order chi connectivity index (χ1) is 11.8. The molecule has 1 heteroatoms. The van der Waals surface area contributed by atoms with Crippen molar-refractivity contribution < 1.29 is 4.79 Å². The summed E-state index contributed by atoms with van der Waals surface area (Å²) < 4.78 is 0. The van der Waals surface area contributed by atoms with Crippen LogP contribution in [-0.4, -0.2) is 6.29 Å². The zero-order valence-corrected chi connectivity index (χ0v) is 13.6. The van der Waals surface area contributed by atoms with E-state index in [1.165, 1.54) is 41.5 Å². The van der Waals surface area contributed by atoms with E-state index in [1.54, 1.807) is 0 Å². The van der Waals surface area contributed by atoms with Gasteiger partial charge in [0.15, 0.2) is 0 Å². The van der Waals surface area contributed by atoms with Crippen LogP contribution >= 0.6 is 0 Å². The van der Waals surface area contributed by atoms with Gasteiger partial charge in [0.2, 0.25) is 0 Å². The first-order valence-corrected chi connectivity index (χ1v) is 9.18. The fourth-order valence-corrected chi connectivity index (χ4v) is 6.51. The molecule has 0 heterocycles. The predicted octanol–water partition coefficient (Wildman–Crippen LogP) is 5.00. The van der Waals surface area contributed by atoms with Gasteiger partial charge in [0.25, 0.3) is 0 Å². The third kappa shape index (κ3) is 1.41. The molecule has 0 aliphatic heterocycles. The van der Waals surface area contributed by atoms with Crippen LogP contribution in [0.15, 0.2) is 54.6 Å². The molecule has 4 aliphatic rings. The molecular formula is C23H20O.